The smallest absolute Gasteiger partial charge is 0.475 e. The SMILES string of the molecule is NCc1noc(-c2ccc(C(F)(F)F)cn2)n1.O=C(O)C(F)(F)F. The third-order valence-corrected chi connectivity index (χ3v) is 2.20. The number of hydrogen-bond acceptors (Lipinski definition) is 6. The van der Waals surface area contributed by atoms with Crippen LogP contribution < -0.4 is 5.73 Å². The molecule has 2 aromatic rings. The number of hydrogen-bond donors (Lipinski definition) is 2. The molecule has 7 nitrogen and oxygen atoms in total. The van der Waals surface area contributed by atoms with Gasteiger partial charge in [-0.05, 0) is 12.1 Å². The first-order valence-electron chi connectivity index (χ1n) is 5.81. The molecule has 24 heavy (non-hydrogen) atoms. The van der Waals surface area contributed by atoms with E-state index in [0.29, 0.717) is 6.20 Å². The lowest BCUT2D eigenvalue weighted by atomic mass is 10.2. The maximum atomic E-state index is 12.3. The molecule has 0 saturated heterocycles. The second-order valence-corrected chi connectivity index (χ2v) is 3.95. The molecule has 2 aromatic heterocycles. The van der Waals surface area contributed by atoms with Crippen molar-refractivity contribution in [1.29, 1.82) is 0 Å². The van der Waals surface area contributed by atoms with Crippen LogP contribution in [0.2, 0.25) is 0 Å². The molecule has 0 fully saturated rings. The molecular weight excluding hydrogens is 350 g/mol. The number of nitrogens with two attached hydrogens (primary N) is 1. The van der Waals surface area contributed by atoms with Gasteiger partial charge in [-0.3, -0.25) is 4.98 Å². The normalized spacial score (nSPS) is 11.6. The number of nitrogens with zero attached hydrogens (tertiary/aromatic N) is 3. The van der Waals surface area contributed by atoms with Crippen LogP contribution in [0.1, 0.15) is 11.4 Å². The van der Waals surface area contributed by atoms with E-state index in [1.54, 1.807) is 0 Å². The fourth-order valence-electron chi connectivity index (χ4n) is 1.13. The van der Waals surface area contributed by atoms with Crippen LogP contribution in [0.25, 0.3) is 11.6 Å². The van der Waals surface area contributed by atoms with Gasteiger partial charge in [0.05, 0.1) is 12.1 Å². The molecule has 0 aliphatic carbocycles. The first-order valence-corrected chi connectivity index (χ1v) is 5.81. The molecule has 0 unspecified atom stereocenters. The lowest BCUT2D eigenvalue weighted by Gasteiger charge is -2.04. The Bertz CT molecular complexity index is 680. The Morgan fingerprint density at radius 2 is 1.79 bits per heavy atom. The van der Waals surface area contributed by atoms with Crippen molar-refractivity contribution in [2.45, 2.75) is 18.9 Å². The predicted octanol–water partition coefficient (Wildman–Crippen LogP) is 2.24. The number of pyridine rings is 1. The lowest BCUT2D eigenvalue weighted by Crippen LogP contribution is -2.21. The van der Waals surface area contributed by atoms with Gasteiger partial charge in [-0.1, -0.05) is 5.16 Å². The molecule has 0 aliphatic heterocycles. The Kier molecular flexibility index (Phi) is 5.84. The van der Waals surface area contributed by atoms with Crippen molar-refractivity contribution in [3.8, 4) is 11.6 Å². The van der Waals surface area contributed by atoms with Crippen LogP contribution in [-0.2, 0) is 17.5 Å². The number of alkyl halides is 6. The van der Waals surface area contributed by atoms with Gasteiger partial charge in [0.2, 0.25) is 0 Å². The minimum Gasteiger partial charge on any atom is -0.475 e. The predicted molar refractivity (Wildman–Crippen MR) is 64.1 cm³/mol. The molecular formula is C11H8F6N4O3. The number of carboxylic acids is 1. The van der Waals surface area contributed by atoms with Crippen molar-refractivity contribution in [2.75, 3.05) is 0 Å². The summed E-state index contributed by atoms with van der Waals surface area (Å²) in [5.74, 6) is -2.45. The van der Waals surface area contributed by atoms with Crippen LogP contribution in [0.5, 0.6) is 0 Å². The second kappa shape index (κ2) is 7.25. The first kappa shape index (κ1) is 19.3. The Morgan fingerprint density at radius 1 is 1.21 bits per heavy atom. The molecule has 2 heterocycles. The number of carbonyl (C=O) groups is 1. The quantitative estimate of drug-likeness (QED) is 0.791. The van der Waals surface area contributed by atoms with E-state index in [4.69, 9.17) is 20.2 Å². The Balaban J connectivity index is 0.000000351. The molecule has 0 aromatic carbocycles. The van der Waals surface area contributed by atoms with Crippen molar-refractivity contribution < 1.29 is 40.8 Å². The number of aromatic nitrogens is 3. The van der Waals surface area contributed by atoms with Crippen LogP contribution in [0.3, 0.4) is 0 Å². The Hall–Kier alpha value is -2.70. The third-order valence-electron chi connectivity index (χ3n) is 2.20. The van der Waals surface area contributed by atoms with E-state index in [2.05, 4.69) is 15.1 Å². The van der Waals surface area contributed by atoms with Crippen molar-refractivity contribution in [1.82, 2.24) is 15.1 Å². The molecule has 3 N–H and O–H groups in total. The molecule has 0 saturated carbocycles. The van der Waals surface area contributed by atoms with Gasteiger partial charge in [0.15, 0.2) is 5.82 Å². The fourth-order valence-corrected chi connectivity index (χ4v) is 1.13. The minimum atomic E-state index is -5.08. The van der Waals surface area contributed by atoms with E-state index >= 15 is 0 Å². The molecule has 0 amide bonds. The van der Waals surface area contributed by atoms with E-state index < -0.39 is 23.9 Å². The highest BCUT2D eigenvalue weighted by Gasteiger charge is 2.38. The third kappa shape index (κ3) is 5.49. The van der Waals surface area contributed by atoms with Gasteiger partial charge in [-0.2, -0.15) is 31.3 Å². The van der Waals surface area contributed by atoms with E-state index in [1.807, 2.05) is 0 Å². The zero-order chi connectivity index (χ0) is 18.5. The Morgan fingerprint density at radius 3 is 2.12 bits per heavy atom. The molecule has 0 aliphatic rings. The van der Waals surface area contributed by atoms with Crippen LogP contribution in [-0.4, -0.2) is 32.4 Å². The summed E-state index contributed by atoms with van der Waals surface area (Å²) in [6.45, 7) is 0.0874. The number of rotatable bonds is 2. The molecule has 0 radical (unpaired) electrons. The van der Waals surface area contributed by atoms with E-state index in [0.717, 1.165) is 12.1 Å². The van der Waals surface area contributed by atoms with Crippen LogP contribution in [0.15, 0.2) is 22.9 Å². The van der Waals surface area contributed by atoms with Gasteiger partial charge < -0.3 is 15.4 Å². The van der Waals surface area contributed by atoms with Gasteiger partial charge in [-0.25, -0.2) is 4.79 Å². The number of halogens is 6. The summed E-state index contributed by atoms with van der Waals surface area (Å²) in [5, 5.41) is 10.6. The van der Waals surface area contributed by atoms with E-state index in [9.17, 15) is 26.3 Å². The van der Waals surface area contributed by atoms with E-state index in [-0.39, 0.29) is 24.0 Å². The summed E-state index contributed by atoms with van der Waals surface area (Å²) in [6.07, 6.45) is -8.79. The monoisotopic (exact) mass is 358 g/mol. The number of aliphatic carboxylic acids is 1. The van der Waals surface area contributed by atoms with Crippen molar-refractivity contribution in [3.63, 3.8) is 0 Å². The van der Waals surface area contributed by atoms with Crippen molar-refractivity contribution >= 4 is 5.97 Å². The molecule has 13 heteroatoms. The fraction of sp³-hybridized carbons (Fsp3) is 0.273. The Labute approximate surface area is 129 Å². The van der Waals surface area contributed by atoms with E-state index in [1.165, 1.54) is 0 Å². The van der Waals surface area contributed by atoms with Gasteiger partial charge in [-0.15, -0.1) is 0 Å². The van der Waals surface area contributed by atoms with Gasteiger partial charge in [0.1, 0.15) is 5.69 Å². The van der Waals surface area contributed by atoms with Crippen molar-refractivity contribution in [3.05, 3.63) is 29.7 Å². The summed E-state index contributed by atoms with van der Waals surface area (Å²) >= 11 is 0. The van der Waals surface area contributed by atoms with Crippen LogP contribution >= 0.6 is 0 Å². The highest BCUT2D eigenvalue weighted by Crippen LogP contribution is 2.29. The average molecular weight is 358 g/mol. The maximum absolute atomic E-state index is 12.3. The maximum Gasteiger partial charge on any atom is 0.490 e. The average Bonchev–Trinajstić information content (AvgIpc) is 2.95. The summed E-state index contributed by atoms with van der Waals surface area (Å²) in [6, 6.07) is 2.06. The largest absolute Gasteiger partial charge is 0.490 e. The van der Waals surface area contributed by atoms with Crippen LogP contribution in [0.4, 0.5) is 26.3 Å². The van der Waals surface area contributed by atoms with Gasteiger partial charge >= 0.3 is 18.3 Å². The topological polar surface area (TPSA) is 115 Å². The second-order valence-electron chi connectivity index (χ2n) is 3.95. The van der Waals surface area contributed by atoms with Gasteiger partial charge in [0.25, 0.3) is 5.89 Å². The zero-order valence-electron chi connectivity index (χ0n) is 11.4. The minimum absolute atomic E-state index is 0.0409. The highest BCUT2D eigenvalue weighted by atomic mass is 19.4. The summed E-state index contributed by atoms with van der Waals surface area (Å²) in [5.41, 5.74) is 4.61. The lowest BCUT2D eigenvalue weighted by molar-refractivity contribution is -0.192. The standard InChI is InChI=1S/C9H7F3N4O.C2HF3O2/c10-9(11,12)5-1-2-6(14-4-5)8-15-7(3-13)16-17-8;3-2(4,5)1(6)7/h1-2,4H,3,13H2;(H,6,7). The summed E-state index contributed by atoms with van der Waals surface area (Å²) in [4.78, 5) is 16.3. The number of carboxylic acid groups (broad SMARTS) is 1. The van der Waals surface area contributed by atoms with Crippen LogP contribution in [0, 0.1) is 0 Å². The molecule has 132 valence electrons. The summed E-state index contributed by atoms with van der Waals surface area (Å²) < 4.78 is 73.3. The molecule has 0 spiro atoms. The first-order chi connectivity index (χ1) is 10.9. The zero-order valence-corrected chi connectivity index (χ0v) is 11.4. The molecule has 0 bridgehead atoms. The van der Waals surface area contributed by atoms with Gasteiger partial charge in [0, 0.05) is 6.20 Å². The van der Waals surface area contributed by atoms with Crippen molar-refractivity contribution in [2.24, 2.45) is 5.73 Å². The summed E-state index contributed by atoms with van der Waals surface area (Å²) in [7, 11) is 0. The molecule has 2 rings (SSSR count). The highest BCUT2D eigenvalue weighted by molar-refractivity contribution is 5.73. The molecule has 0 atom stereocenters.